The molecule has 0 fully saturated rings. The van der Waals surface area contributed by atoms with Gasteiger partial charge in [0.2, 0.25) is 0 Å². The number of nitrogens with zero attached hydrogens (tertiary/aromatic N) is 2. The maximum atomic E-state index is 13.6. The van der Waals surface area contributed by atoms with Crippen molar-refractivity contribution in [2.45, 2.75) is 12.9 Å². The number of hydrogen-bond acceptors (Lipinski definition) is 3. The molecule has 0 aliphatic heterocycles. The monoisotopic (exact) mass is 352 g/mol. The van der Waals surface area contributed by atoms with Crippen LogP contribution in [0.1, 0.15) is 11.1 Å². The van der Waals surface area contributed by atoms with Crippen LogP contribution in [0.15, 0.2) is 47.5 Å². The van der Waals surface area contributed by atoms with E-state index in [9.17, 15) is 17.6 Å². The number of ether oxygens (including phenoxy) is 1. The lowest BCUT2D eigenvalue weighted by Gasteiger charge is -2.10. The number of benzene rings is 2. The molecule has 0 aliphatic rings. The molecular formula is C16H12F4N4O. The summed E-state index contributed by atoms with van der Waals surface area (Å²) in [6, 6.07) is 10.6. The molecule has 9 heteroatoms. The number of nitrogens with one attached hydrogen (secondary N) is 1. The molecule has 0 amide bonds. The molecule has 2 aromatic carbocycles. The highest BCUT2D eigenvalue weighted by molar-refractivity contribution is 5.92. The molecule has 0 aromatic heterocycles. The summed E-state index contributed by atoms with van der Waals surface area (Å²) < 4.78 is 53.6. The van der Waals surface area contributed by atoms with Gasteiger partial charge in [-0.15, -0.1) is 13.2 Å². The first-order chi connectivity index (χ1) is 11.8. The maximum Gasteiger partial charge on any atom is 0.573 e. The third-order valence-electron chi connectivity index (χ3n) is 2.95. The highest BCUT2D eigenvalue weighted by atomic mass is 19.4. The molecule has 0 heterocycles. The second-order valence-electron chi connectivity index (χ2n) is 4.82. The number of nitriles is 1. The summed E-state index contributed by atoms with van der Waals surface area (Å²) in [5.74, 6) is -0.959. The standard InChI is InChI=1S/C16H12F4N4O/c17-14-6-1-10(8-21)7-11(14)9-23-15(22)24-12-2-4-13(5-3-12)25-16(18,19)20/h1-7H,9H2,(H3,22,23,24). The van der Waals surface area contributed by atoms with Gasteiger partial charge in [-0.3, -0.25) is 0 Å². The van der Waals surface area contributed by atoms with Crippen LogP contribution >= 0.6 is 0 Å². The molecule has 0 unspecified atom stereocenters. The average molecular weight is 352 g/mol. The van der Waals surface area contributed by atoms with Crippen molar-refractivity contribution in [1.29, 1.82) is 5.26 Å². The van der Waals surface area contributed by atoms with Crippen LogP contribution in [0.4, 0.5) is 23.2 Å². The van der Waals surface area contributed by atoms with Crippen molar-refractivity contribution in [3.8, 4) is 11.8 Å². The second-order valence-corrected chi connectivity index (χ2v) is 4.82. The number of aliphatic imine (C=N–C) groups is 1. The molecule has 5 nitrogen and oxygen atoms in total. The SMILES string of the molecule is N#Cc1ccc(F)c(CN=C(N)Nc2ccc(OC(F)(F)F)cc2)c1. The van der Waals surface area contributed by atoms with E-state index in [0.29, 0.717) is 11.3 Å². The van der Waals surface area contributed by atoms with Crippen molar-refractivity contribution in [3.05, 3.63) is 59.4 Å². The zero-order chi connectivity index (χ0) is 18.4. The van der Waals surface area contributed by atoms with E-state index in [0.717, 1.165) is 18.2 Å². The Balaban J connectivity index is 2.01. The summed E-state index contributed by atoms with van der Waals surface area (Å²) in [4.78, 5) is 3.93. The lowest BCUT2D eigenvalue weighted by molar-refractivity contribution is -0.274. The zero-order valence-electron chi connectivity index (χ0n) is 12.6. The van der Waals surface area contributed by atoms with Crippen LogP contribution < -0.4 is 15.8 Å². The van der Waals surface area contributed by atoms with Crippen LogP contribution in [0.25, 0.3) is 0 Å². The fourth-order valence-electron chi connectivity index (χ4n) is 1.86. The molecule has 0 bridgehead atoms. The van der Waals surface area contributed by atoms with Gasteiger partial charge in [-0.2, -0.15) is 5.26 Å². The minimum Gasteiger partial charge on any atom is -0.406 e. The molecule has 130 valence electrons. The van der Waals surface area contributed by atoms with Crippen LogP contribution in [0.5, 0.6) is 5.75 Å². The molecule has 3 N–H and O–H groups in total. The number of rotatable bonds is 4. The first-order valence-electron chi connectivity index (χ1n) is 6.88. The van der Waals surface area contributed by atoms with E-state index in [2.05, 4.69) is 15.0 Å². The van der Waals surface area contributed by atoms with Gasteiger partial charge in [-0.25, -0.2) is 9.38 Å². The van der Waals surface area contributed by atoms with E-state index in [4.69, 9.17) is 11.0 Å². The van der Waals surface area contributed by atoms with E-state index in [1.54, 1.807) is 0 Å². The van der Waals surface area contributed by atoms with E-state index >= 15 is 0 Å². The molecule has 0 atom stereocenters. The first kappa shape index (κ1) is 18.1. The van der Waals surface area contributed by atoms with Crippen molar-refractivity contribution in [2.24, 2.45) is 10.7 Å². The predicted octanol–water partition coefficient (Wildman–Crippen LogP) is 3.52. The van der Waals surface area contributed by atoms with Crippen LogP contribution in [0.2, 0.25) is 0 Å². The minimum absolute atomic E-state index is 0.0637. The highest BCUT2D eigenvalue weighted by Crippen LogP contribution is 2.23. The number of nitrogens with two attached hydrogens (primary N) is 1. The quantitative estimate of drug-likeness (QED) is 0.501. The Bertz CT molecular complexity index is 810. The van der Waals surface area contributed by atoms with Crippen molar-refractivity contribution in [3.63, 3.8) is 0 Å². The zero-order valence-corrected chi connectivity index (χ0v) is 12.6. The number of halogens is 4. The summed E-state index contributed by atoms with van der Waals surface area (Å²) in [6.45, 7) is -0.102. The van der Waals surface area contributed by atoms with Gasteiger partial charge in [-0.1, -0.05) is 0 Å². The smallest absolute Gasteiger partial charge is 0.406 e. The first-order valence-corrected chi connectivity index (χ1v) is 6.88. The number of hydrogen-bond donors (Lipinski definition) is 2. The molecule has 0 saturated carbocycles. The lowest BCUT2D eigenvalue weighted by atomic mass is 10.1. The number of anilines is 1. The molecule has 0 aliphatic carbocycles. The van der Waals surface area contributed by atoms with Gasteiger partial charge in [-0.05, 0) is 42.5 Å². The Morgan fingerprint density at radius 2 is 1.88 bits per heavy atom. The Morgan fingerprint density at radius 3 is 2.48 bits per heavy atom. The Hall–Kier alpha value is -3.28. The Kier molecular flexibility index (Phi) is 5.44. The van der Waals surface area contributed by atoms with Gasteiger partial charge in [0.05, 0.1) is 18.2 Å². The topological polar surface area (TPSA) is 83.4 Å². The molecule has 0 saturated heterocycles. The highest BCUT2D eigenvalue weighted by Gasteiger charge is 2.30. The van der Waals surface area contributed by atoms with E-state index in [1.807, 2.05) is 6.07 Å². The lowest BCUT2D eigenvalue weighted by Crippen LogP contribution is -2.22. The van der Waals surface area contributed by atoms with Crippen LogP contribution in [-0.2, 0) is 6.54 Å². The van der Waals surface area contributed by atoms with Crippen LogP contribution in [-0.4, -0.2) is 12.3 Å². The third-order valence-corrected chi connectivity index (χ3v) is 2.95. The minimum atomic E-state index is -4.77. The van der Waals surface area contributed by atoms with Gasteiger partial charge < -0.3 is 15.8 Å². The summed E-state index contributed by atoms with van der Waals surface area (Å²) in [5, 5.41) is 11.4. The van der Waals surface area contributed by atoms with Crippen molar-refractivity contribution >= 4 is 11.6 Å². The summed E-state index contributed by atoms with van der Waals surface area (Å²) in [7, 11) is 0. The summed E-state index contributed by atoms with van der Waals surface area (Å²) in [6.07, 6.45) is -4.77. The molecule has 0 radical (unpaired) electrons. The van der Waals surface area contributed by atoms with Gasteiger partial charge in [0.15, 0.2) is 5.96 Å². The van der Waals surface area contributed by atoms with E-state index in [1.165, 1.54) is 24.3 Å². The number of alkyl halides is 3. The van der Waals surface area contributed by atoms with Crippen molar-refractivity contribution in [1.82, 2.24) is 0 Å². The third kappa shape index (κ3) is 5.69. The molecule has 2 aromatic rings. The predicted molar refractivity (Wildman–Crippen MR) is 83.2 cm³/mol. The van der Waals surface area contributed by atoms with Gasteiger partial charge in [0, 0.05) is 11.3 Å². The van der Waals surface area contributed by atoms with Gasteiger partial charge in [0.1, 0.15) is 11.6 Å². The Morgan fingerprint density at radius 1 is 1.20 bits per heavy atom. The fourth-order valence-corrected chi connectivity index (χ4v) is 1.86. The fraction of sp³-hybridized carbons (Fsp3) is 0.125. The molecule has 2 rings (SSSR count). The van der Waals surface area contributed by atoms with Crippen molar-refractivity contribution in [2.75, 3.05) is 5.32 Å². The Labute approximate surface area is 140 Å². The number of guanidine groups is 1. The average Bonchev–Trinajstić information content (AvgIpc) is 2.54. The van der Waals surface area contributed by atoms with E-state index in [-0.39, 0.29) is 23.8 Å². The maximum absolute atomic E-state index is 13.6. The normalized spacial score (nSPS) is 11.7. The summed E-state index contributed by atoms with van der Waals surface area (Å²) >= 11 is 0. The van der Waals surface area contributed by atoms with Gasteiger partial charge >= 0.3 is 6.36 Å². The van der Waals surface area contributed by atoms with Gasteiger partial charge in [0.25, 0.3) is 0 Å². The summed E-state index contributed by atoms with van der Waals surface area (Å²) in [5.41, 5.74) is 6.51. The largest absolute Gasteiger partial charge is 0.573 e. The molecule has 25 heavy (non-hydrogen) atoms. The van der Waals surface area contributed by atoms with E-state index < -0.39 is 12.2 Å². The molecular weight excluding hydrogens is 340 g/mol. The second kappa shape index (κ2) is 7.53. The van der Waals surface area contributed by atoms with Crippen molar-refractivity contribution < 1.29 is 22.3 Å². The molecule has 0 spiro atoms. The van der Waals surface area contributed by atoms with Crippen LogP contribution in [0, 0.1) is 17.1 Å². The van der Waals surface area contributed by atoms with Crippen LogP contribution in [0.3, 0.4) is 0 Å².